The summed E-state index contributed by atoms with van der Waals surface area (Å²) in [7, 11) is 1.59. The largest absolute Gasteiger partial charge is 0.497 e. The summed E-state index contributed by atoms with van der Waals surface area (Å²) in [4.78, 5) is 28.9. The van der Waals surface area contributed by atoms with Crippen molar-refractivity contribution in [3.63, 3.8) is 0 Å². The molecule has 0 radical (unpaired) electrons. The second kappa shape index (κ2) is 7.95. The summed E-state index contributed by atoms with van der Waals surface area (Å²) in [6.07, 6.45) is 0.897. The van der Waals surface area contributed by atoms with Crippen molar-refractivity contribution in [1.29, 1.82) is 0 Å². The monoisotopic (exact) mass is 489 g/mol. The third-order valence-corrected chi connectivity index (χ3v) is 6.36. The van der Waals surface area contributed by atoms with Crippen LogP contribution in [0.5, 0.6) is 5.75 Å². The number of hydrogen-bond donors (Lipinski definition) is 0. The SMILES string of the molecule is CCc1ccc(N2C(=O)c3oc4ccc(Br)cc4c(=O)c3C2c2cccc(OC)c2)cc1. The molecule has 160 valence electrons. The van der Waals surface area contributed by atoms with Gasteiger partial charge >= 0.3 is 0 Å². The molecule has 1 aromatic heterocycles. The molecule has 0 aliphatic carbocycles. The second-order valence-corrected chi connectivity index (χ2v) is 8.60. The van der Waals surface area contributed by atoms with E-state index in [1.807, 2.05) is 48.5 Å². The average Bonchev–Trinajstić information content (AvgIpc) is 3.12. The molecule has 1 amide bonds. The van der Waals surface area contributed by atoms with Crippen molar-refractivity contribution in [2.75, 3.05) is 12.0 Å². The fraction of sp³-hybridized carbons (Fsp3) is 0.154. The maximum Gasteiger partial charge on any atom is 0.295 e. The molecule has 5 nitrogen and oxygen atoms in total. The Kier molecular flexibility index (Phi) is 5.10. The maximum absolute atomic E-state index is 13.6. The number of nitrogens with zero attached hydrogens (tertiary/aromatic N) is 1. The van der Waals surface area contributed by atoms with E-state index in [2.05, 4.69) is 22.9 Å². The van der Waals surface area contributed by atoms with Gasteiger partial charge in [0.05, 0.1) is 24.1 Å². The fourth-order valence-electron chi connectivity index (χ4n) is 4.23. The van der Waals surface area contributed by atoms with E-state index in [0.29, 0.717) is 28.0 Å². The molecule has 1 aliphatic rings. The van der Waals surface area contributed by atoms with Crippen LogP contribution in [0.2, 0.25) is 0 Å². The van der Waals surface area contributed by atoms with Crippen molar-refractivity contribution in [3.05, 3.63) is 104 Å². The first kappa shape index (κ1) is 20.5. The Morgan fingerprint density at radius 2 is 1.81 bits per heavy atom. The number of hydrogen-bond acceptors (Lipinski definition) is 4. The number of methoxy groups -OCH3 is 1. The minimum atomic E-state index is -0.625. The smallest absolute Gasteiger partial charge is 0.295 e. The van der Waals surface area contributed by atoms with Gasteiger partial charge in [0.1, 0.15) is 11.3 Å². The lowest BCUT2D eigenvalue weighted by molar-refractivity contribution is 0.0971. The molecular weight excluding hydrogens is 470 g/mol. The van der Waals surface area contributed by atoms with E-state index in [4.69, 9.17) is 9.15 Å². The highest BCUT2D eigenvalue weighted by molar-refractivity contribution is 9.10. The summed E-state index contributed by atoms with van der Waals surface area (Å²) < 4.78 is 12.2. The van der Waals surface area contributed by atoms with E-state index in [-0.39, 0.29) is 17.1 Å². The lowest BCUT2D eigenvalue weighted by Gasteiger charge is -2.25. The minimum absolute atomic E-state index is 0.0808. The van der Waals surface area contributed by atoms with Crippen LogP contribution in [0.4, 0.5) is 5.69 Å². The maximum atomic E-state index is 13.6. The van der Waals surface area contributed by atoms with Crippen molar-refractivity contribution >= 4 is 38.5 Å². The Labute approximate surface area is 193 Å². The predicted octanol–water partition coefficient (Wildman–Crippen LogP) is 5.88. The highest BCUT2D eigenvalue weighted by atomic mass is 79.9. The summed E-state index contributed by atoms with van der Waals surface area (Å²) in [6.45, 7) is 2.08. The molecule has 5 rings (SSSR count). The van der Waals surface area contributed by atoms with E-state index in [1.54, 1.807) is 30.2 Å². The van der Waals surface area contributed by atoms with E-state index in [1.165, 1.54) is 5.56 Å². The molecule has 0 spiro atoms. The van der Waals surface area contributed by atoms with Crippen LogP contribution in [-0.4, -0.2) is 13.0 Å². The van der Waals surface area contributed by atoms with Gasteiger partial charge in [0.25, 0.3) is 5.91 Å². The standard InChI is InChI=1S/C26H20BrNO4/c1-3-15-7-10-18(11-8-15)28-23(16-5-4-6-19(13-16)31-2)22-24(29)20-14-17(27)9-12-21(20)32-25(22)26(28)30/h4-14,23H,3H2,1-2H3. The molecule has 0 N–H and O–H groups in total. The first-order chi connectivity index (χ1) is 15.5. The molecule has 3 aromatic carbocycles. The van der Waals surface area contributed by atoms with Crippen molar-refractivity contribution in [1.82, 2.24) is 0 Å². The van der Waals surface area contributed by atoms with Gasteiger partial charge in [-0.15, -0.1) is 0 Å². The molecule has 6 heteroatoms. The molecule has 0 saturated carbocycles. The number of anilines is 1. The van der Waals surface area contributed by atoms with E-state index in [0.717, 1.165) is 16.5 Å². The number of amides is 1. The molecule has 0 saturated heterocycles. The molecular formula is C26H20BrNO4. The van der Waals surface area contributed by atoms with Crippen LogP contribution in [0.3, 0.4) is 0 Å². The van der Waals surface area contributed by atoms with Gasteiger partial charge in [0.2, 0.25) is 5.76 Å². The van der Waals surface area contributed by atoms with E-state index >= 15 is 0 Å². The zero-order valence-electron chi connectivity index (χ0n) is 17.6. The normalized spacial score (nSPS) is 15.3. The number of carbonyl (C=O) groups excluding carboxylic acids is 1. The fourth-order valence-corrected chi connectivity index (χ4v) is 4.59. The first-order valence-corrected chi connectivity index (χ1v) is 11.1. The number of carbonyl (C=O) groups is 1. The van der Waals surface area contributed by atoms with Gasteiger partial charge < -0.3 is 9.15 Å². The highest BCUT2D eigenvalue weighted by Crippen LogP contribution is 2.42. The molecule has 2 heterocycles. The van der Waals surface area contributed by atoms with Gasteiger partial charge in [0, 0.05) is 10.2 Å². The Bertz CT molecular complexity index is 1410. The third-order valence-electron chi connectivity index (χ3n) is 5.86. The number of benzene rings is 3. The van der Waals surface area contributed by atoms with E-state index < -0.39 is 6.04 Å². The van der Waals surface area contributed by atoms with Crippen LogP contribution in [-0.2, 0) is 6.42 Å². The second-order valence-electron chi connectivity index (χ2n) is 7.69. The van der Waals surface area contributed by atoms with Crippen molar-refractivity contribution in [2.45, 2.75) is 19.4 Å². The molecule has 32 heavy (non-hydrogen) atoms. The van der Waals surface area contributed by atoms with Crippen molar-refractivity contribution in [2.24, 2.45) is 0 Å². The summed E-state index contributed by atoms with van der Waals surface area (Å²) in [5.41, 5.74) is 3.16. The van der Waals surface area contributed by atoms with Crippen LogP contribution >= 0.6 is 15.9 Å². The number of aryl methyl sites for hydroxylation is 1. The topological polar surface area (TPSA) is 59.8 Å². The molecule has 1 aliphatic heterocycles. The summed E-state index contributed by atoms with van der Waals surface area (Å²) >= 11 is 3.43. The Morgan fingerprint density at radius 3 is 2.53 bits per heavy atom. The van der Waals surface area contributed by atoms with Crippen LogP contribution in [0.1, 0.15) is 40.2 Å². The summed E-state index contributed by atoms with van der Waals surface area (Å²) in [5.74, 6) is 0.397. The molecule has 1 atom stereocenters. The van der Waals surface area contributed by atoms with Gasteiger partial charge in [-0.25, -0.2) is 0 Å². The van der Waals surface area contributed by atoms with Gasteiger partial charge in [-0.1, -0.05) is 47.1 Å². The van der Waals surface area contributed by atoms with Gasteiger partial charge in [-0.3, -0.25) is 14.5 Å². The molecule has 0 bridgehead atoms. The van der Waals surface area contributed by atoms with Crippen LogP contribution in [0.15, 0.2) is 80.4 Å². The quantitative estimate of drug-likeness (QED) is 0.359. The first-order valence-electron chi connectivity index (χ1n) is 10.3. The lowest BCUT2D eigenvalue weighted by atomic mass is 9.98. The Morgan fingerprint density at radius 1 is 1.03 bits per heavy atom. The highest BCUT2D eigenvalue weighted by Gasteiger charge is 2.43. The summed E-state index contributed by atoms with van der Waals surface area (Å²) in [6, 6.07) is 19.9. The Hall–Kier alpha value is -3.38. The number of halogens is 1. The number of ether oxygens (including phenoxy) is 1. The van der Waals surface area contributed by atoms with Crippen molar-refractivity contribution in [3.8, 4) is 5.75 Å². The van der Waals surface area contributed by atoms with E-state index in [9.17, 15) is 9.59 Å². The van der Waals surface area contributed by atoms with Gasteiger partial charge in [-0.2, -0.15) is 0 Å². The minimum Gasteiger partial charge on any atom is -0.497 e. The van der Waals surface area contributed by atoms with Gasteiger partial charge in [0.15, 0.2) is 5.43 Å². The van der Waals surface area contributed by atoms with Crippen molar-refractivity contribution < 1.29 is 13.9 Å². The zero-order valence-corrected chi connectivity index (χ0v) is 19.2. The average molecular weight is 490 g/mol. The van der Waals surface area contributed by atoms with Gasteiger partial charge in [-0.05, 0) is 60.0 Å². The predicted molar refractivity (Wildman–Crippen MR) is 128 cm³/mol. The zero-order chi connectivity index (χ0) is 22.4. The lowest BCUT2D eigenvalue weighted by Crippen LogP contribution is -2.29. The Balaban J connectivity index is 1.79. The summed E-state index contributed by atoms with van der Waals surface area (Å²) in [5, 5.41) is 0.432. The molecule has 0 fully saturated rings. The van der Waals surface area contributed by atoms with Crippen LogP contribution in [0.25, 0.3) is 11.0 Å². The van der Waals surface area contributed by atoms with Crippen LogP contribution < -0.4 is 15.1 Å². The number of fused-ring (bicyclic) bond motifs is 2. The number of rotatable bonds is 4. The van der Waals surface area contributed by atoms with Crippen LogP contribution in [0, 0.1) is 0 Å². The third kappa shape index (κ3) is 3.22. The molecule has 1 unspecified atom stereocenters. The molecule has 4 aromatic rings.